The lowest BCUT2D eigenvalue weighted by molar-refractivity contribution is -0.118. The predicted octanol–water partition coefficient (Wildman–Crippen LogP) is 3.80. The smallest absolute Gasteiger partial charge is 0.420 e. The van der Waals surface area contributed by atoms with Crippen LogP contribution in [0.3, 0.4) is 0 Å². The number of anilines is 1. The molecule has 0 spiro atoms. The van der Waals surface area contributed by atoms with Gasteiger partial charge in [-0.15, -0.1) is 0 Å². The van der Waals surface area contributed by atoms with Gasteiger partial charge in [-0.3, -0.25) is 14.9 Å². The fraction of sp³-hybridized carbons (Fsp3) is 0.231. The summed E-state index contributed by atoms with van der Waals surface area (Å²) in [6, 6.07) is 13.8. The van der Waals surface area contributed by atoms with E-state index in [1.807, 2.05) is 5.32 Å². The Morgan fingerprint density at radius 3 is 2.43 bits per heavy atom. The largest absolute Gasteiger partial charge is 0.494 e. The second-order valence-corrected chi connectivity index (χ2v) is 7.76. The van der Waals surface area contributed by atoms with Crippen molar-refractivity contribution in [3.8, 4) is 17.4 Å². The number of nitrogens with one attached hydrogen (secondary N) is 2. The van der Waals surface area contributed by atoms with Crippen LogP contribution < -0.4 is 30.6 Å². The summed E-state index contributed by atoms with van der Waals surface area (Å²) < 4.78 is 29.6. The topological polar surface area (TPSA) is 142 Å². The van der Waals surface area contributed by atoms with Crippen LogP contribution in [0, 0.1) is 5.82 Å². The van der Waals surface area contributed by atoms with Gasteiger partial charge in [-0.2, -0.15) is 0 Å². The molecule has 0 radical (unpaired) electrons. The van der Waals surface area contributed by atoms with Crippen LogP contribution >= 0.6 is 0 Å². The van der Waals surface area contributed by atoms with Crippen LogP contribution in [0.15, 0.2) is 60.8 Å². The Morgan fingerprint density at radius 2 is 1.76 bits per heavy atom. The van der Waals surface area contributed by atoms with E-state index in [9.17, 15) is 18.8 Å². The third kappa shape index (κ3) is 8.58. The van der Waals surface area contributed by atoms with E-state index in [4.69, 9.17) is 19.9 Å². The van der Waals surface area contributed by atoms with Gasteiger partial charge in [-0.25, -0.2) is 14.2 Å². The molecule has 3 rings (SSSR count). The maximum absolute atomic E-state index is 13.2. The number of ether oxygens (including phenoxy) is 3. The Kier molecular flexibility index (Phi) is 9.91. The van der Waals surface area contributed by atoms with Gasteiger partial charge in [0.25, 0.3) is 11.8 Å². The Hall–Kier alpha value is -4.51. The van der Waals surface area contributed by atoms with Crippen molar-refractivity contribution < 1.29 is 33.0 Å². The molecule has 3 aromatic rings. The Labute approximate surface area is 212 Å². The molecular weight excluding hydrogens is 483 g/mol. The summed E-state index contributed by atoms with van der Waals surface area (Å²) in [4.78, 5) is 40.2. The van der Waals surface area contributed by atoms with Crippen molar-refractivity contribution in [2.45, 2.75) is 26.4 Å². The summed E-state index contributed by atoms with van der Waals surface area (Å²) >= 11 is 0. The number of aromatic nitrogens is 1. The summed E-state index contributed by atoms with van der Waals surface area (Å²) in [5, 5.41) is 4.67. The van der Waals surface area contributed by atoms with Crippen LogP contribution in [0.2, 0.25) is 0 Å². The molecule has 1 aromatic heterocycles. The average Bonchev–Trinajstić information content (AvgIpc) is 2.90. The SMILES string of the molecule is CCCCOc1ccc(NC(=O)c2cnc(OC(=O)NC(=O)CN)c(OCc3ccc(F)cc3)c2)cc1. The number of halogens is 1. The molecule has 0 saturated heterocycles. The zero-order valence-corrected chi connectivity index (χ0v) is 20.2. The molecule has 10 nitrogen and oxygen atoms in total. The van der Waals surface area contributed by atoms with Gasteiger partial charge in [0, 0.05) is 18.0 Å². The maximum atomic E-state index is 13.2. The minimum absolute atomic E-state index is 0.0355. The van der Waals surface area contributed by atoms with Crippen molar-refractivity contribution in [1.29, 1.82) is 0 Å². The third-order valence-corrected chi connectivity index (χ3v) is 4.88. The van der Waals surface area contributed by atoms with Crippen molar-refractivity contribution >= 4 is 23.6 Å². The molecular formula is C26H27FN4O6. The number of carbonyl (C=O) groups is 3. The molecule has 0 aliphatic carbocycles. The number of imide groups is 1. The normalized spacial score (nSPS) is 10.4. The van der Waals surface area contributed by atoms with Gasteiger partial charge < -0.3 is 25.3 Å². The van der Waals surface area contributed by atoms with Crippen molar-refractivity contribution in [3.05, 3.63) is 77.7 Å². The number of rotatable bonds is 11. The highest BCUT2D eigenvalue weighted by molar-refractivity contribution is 6.04. The first-order valence-electron chi connectivity index (χ1n) is 11.5. The average molecular weight is 511 g/mol. The summed E-state index contributed by atoms with van der Waals surface area (Å²) in [5.41, 5.74) is 6.44. The second-order valence-electron chi connectivity index (χ2n) is 7.76. The van der Waals surface area contributed by atoms with E-state index in [2.05, 4.69) is 17.2 Å². The number of carbonyl (C=O) groups excluding carboxylic acids is 3. The molecule has 0 unspecified atom stereocenters. The lowest BCUT2D eigenvalue weighted by Crippen LogP contribution is -2.37. The lowest BCUT2D eigenvalue weighted by Gasteiger charge is -2.13. The molecule has 2 aromatic carbocycles. The molecule has 0 atom stereocenters. The van der Waals surface area contributed by atoms with E-state index in [1.165, 1.54) is 36.5 Å². The summed E-state index contributed by atoms with van der Waals surface area (Å²) in [6.07, 6.45) is 2.04. The number of nitrogens with two attached hydrogens (primary N) is 1. The van der Waals surface area contributed by atoms with Crippen LogP contribution in [0.5, 0.6) is 17.4 Å². The molecule has 0 saturated carbocycles. The number of pyridine rings is 1. The fourth-order valence-electron chi connectivity index (χ4n) is 2.93. The van der Waals surface area contributed by atoms with E-state index in [1.54, 1.807) is 24.3 Å². The zero-order chi connectivity index (χ0) is 26.6. The van der Waals surface area contributed by atoms with E-state index in [-0.39, 0.29) is 23.8 Å². The van der Waals surface area contributed by atoms with Crippen LogP contribution in [0.4, 0.5) is 14.9 Å². The number of unbranched alkanes of at least 4 members (excludes halogenated alkanes) is 1. The first-order valence-corrected chi connectivity index (χ1v) is 11.5. The predicted molar refractivity (Wildman–Crippen MR) is 133 cm³/mol. The molecule has 0 bridgehead atoms. The monoisotopic (exact) mass is 510 g/mol. The summed E-state index contributed by atoms with van der Waals surface area (Å²) in [7, 11) is 0. The molecule has 0 aliphatic heterocycles. The van der Waals surface area contributed by atoms with Gasteiger partial charge in [0.05, 0.1) is 18.7 Å². The standard InChI is InChI=1S/C26H27FN4O6/c1-2-3-12-35-21-10-8-20(9-11-21)30-24(33)18-13-22(36-16-17-4-6-19(27)7-5-17)25(29-15-18)37-26(34)31-23(32)14-28/h4-11,13,15H,2-3,12,14,16,28H2,1H3,(H,30,33)(H,31,32,34). The number of hydrogen-bond donors (Lipinski definition) is 3. The Balaban J connectivity index is 1.74. The molecule has 37 heavy (non-hydrogen) atoms. The van der Waals surface area contributed by atoms with Crippen LogP contribution in [0.25, 0.3) is 0 Å². The molecule has 3 amide bonds. The van der Waals surface area contributed by atoms with Crippen molar-refractivity contribution in [1.82, 2.24) is 10.3 Å². The molecule has 4 N–H and O–H groups in total. The molecule has 0 aliphatic rings. The minimum atomic E-state index is -1.12. The highest BCUT2D eigenvalue weighted by Gasteiger charge is 2.18. The van der Waals surface area contributed by atoms with Crippen molar-refractivity contribution in [2.24, 2.45) is 5.73 Å². The number of hydrogen-bond acceptors (Lipinski definition) is 8. The summed E-state index contributed by atoms with van der Waals surface area (Å²) in [6.45, 7) is 2.24. The van der Waals surface area contributed by atoms with E-state index in [0.717, 1.165) is 12.8 Å². The Morgan fingerprint density at radius 1 is 1.03 bits per heavy atom. The third-order valence-electron chi connectivity index (χ3n) is 4.88. The summed E-state index contributed by atoms with van der Waals surface area (Å²) in [5.74, 6) is -1.29. The van der Waals surface area contributed by atoms with Crippen LogP contribution in [-0.4, -0.2) is 36.0 Å². The van der Waals surface area contributed by atoms with Gasteiger partial charge in [0.15, 0.2) is 5.75 Å². The first-order chi connectivity index (χ1) is 17.9. The van der Waals surface area contributed by atoms with Crippen LogP contribution in [0.1, 0.15) is 35.7 Å². The zero-order valence-electron chi connectivity index (χ0n) is 20.2. The molecule has 194 valence electrons. The van der Waals surface area contributed by atoms with Crippen molar-refractivity contribution in [2.75, 3.05) is 18.5 Å². The number of amides is 3. The highest BCUT2D eigenvalue weighted by Crippen LogP contribution is 2.27. The van der Waals surface area contributed by atoms with Gasteiger partial charge in [-0.1, -0.05) is 25.5 Å². The van der Waals surface area contributed by atoms with Gasteiger partial charge in [-0.05, 0) is 48.4 Å². The van der Waals surface area contributed by atoms with Gasteiger partial charge in [0.2, 0.25) is 5.91 Å². The van der Waals surface area contributed by atoms with E-state index in [0.29, 0.717) is 23.6 Å². The van der Waals surface area contributed by atoms with Crippen LogP contribution in [-0.2, 0) is 11.4 Å². The van der Waals surface area contributed by atoms with E-state index >= 15 is 0 Å². The van der Waals surface area contributed by atoms with E-state index < -0.39 is 30.3 Å². The van der Waals surface area contributed by atoms with Gasteiger partial charge in [0.1, 0.15) is 18.2 Å². The quantitative estimate of drug-likeness (QED) is 0.331. The van der Waals surface area contributed by atoms with Crippen molar-refractivity contribution in [3.63, 3.8) is 0 Å². The lowest BCUT2D eigenvalue weighted by atomic mass is 10.2. The molecule has 11 heteroatoms. The molecule has 0 fully saturated rings. The fourth-order valence-corrected chi connectivity index (χ4v) is 2.93. The second kappa shape index (κ2) is 13.5. The van der Waals surface area contributed by atoms with Gasteiger partial charge >= 0.3 is 6.09 Å². The highest BCUT2D eigenvalue weighted by atomic mass is 19.1. The Bertz CT molecular complexity index is 1220. The number of nitrogens with zero attached hydrogens (tertiary/aromatic N) is 1. The maximum Gasteiger partial charge on any atom is 0.420 e. The molecule has 1 heterocycles. The number of benzene rings is 2. The minimum Gasteiger partial charge on any atom is -0.494 e. The first kappa shape index (κ1) is 27.1.